The first kappa shape index (κ1) is 17.6. The molecule has 0 spiro atoms. The molecule has 0 bridgehead atoms. The molecule has 1 saturated carbocycles. The Morgan fingerprint density at radius 2 is 1.84 bits per heavy atom. The van der Waals surface area contributed by atoms with Crippen molar-refractivity contribution in [1.29, 1.82) is 0 Å². The van der Waals surface area contributed by atoms with Crippen LogP contribution in [0.25, 0.3) is 5.69 Å². The highest BCUT2D eigenvalue weighted by molar-refractivity contribution is 5.93. The Hall–Kier alpha value is -2.17. The van der Waals surface area contributed by atoms with Crippen LogP contribution in [0.3, 0.4) is 0 Å². The highest BCUT2D eigenvalue weighted by Gasteiger charge is 2.32. The van der Waals surface area contributed by atoms with Crippen LogP contribution in [0.5, 0.6) is 0 Å². The lowest BCUT2D eigenvalue weighted by atomic mass is 10.1. The number of rotatable bonds is 4. The molecule has 1 heterocycles. The third-order valence-electron chi connectivity index (χ3n) is 5.06. The van der Waals surface area contributed by atoms with E-state index in [1.807, 2.05) is 30.9 Å². The molecule has 1 aromatic carbocycles. The first-order chi connectivity index (χ1) is 11.9. The van der Waals surface area contributed by atoms with Gasteiger partial charge in [0.05, 0.1) is 11.4 Å². The minimum atomic E-state index is 0.00964. The van der Waals surface area contributed by atoms with Crippen LogP contribution >= 0.6 is 0 Å². The second kappa shape index (κ2) is 6.98. The third kappa shape index (κ3) is 3.46. The zero-order chi connectivity index (χ0) is 18.1. The van der Waals surface area contributed by atoms with Crippen LogP contribution in [0.4, 0.5) is 0 Å². The Labute approximate surface area is 150 Å². The largest absolute Gasteiger partial charge is 0.332 e. The van der Waals surface area contributed by atoms with Crippen molar-refractivity contribution in [2.75, 3.05) is 0 Å². The normalized spacial score (nSPS) is 15.1. The van der Waals surface area contributed by atoms with E-state index >= 15 is 0 Å². The maximum atomic E-state index is 13.2. The van der Waals surface area contributed by atoms with E-state index in [-0.39, 0.29) is 11.9 Å². The van der Waals surface area contributed by atoms with Gasteiger partial charge in [0.1, 0.15) is 0 Å². The van der Waals surface area contributed by atoms with Gasteiger partial charge in [0, 0.05) is 12.1 Å². The fourth-order valence-corrected chi connectivity index (χ4v) is 3.84. The van der Waals surface area contributed by atoms with E-state index in [1.165, 1.54) is 18.4 Å². The number of benzene rings is 1. The zero-order valence-corrected chi connectivity index (χ0v) is 15.9. The number of aryl methyl sites for hydroxylation is 3. The molecule has 25 heavy (non-hydrogen) atoms. The molecule has 2 aromatic rings. The summed E-state index contributed by atoms with van der Waals surface area (Å²) in [4.78, 5) is 16.8. The van der Waals surface area contributed by atoms with Gasteiger partial charge in [0.15, 0.2) is 5.69 Å². The van der Waals surface area contributed by atoms with Gasteiger partial charge in [-0.15, -0.1) is 5.10 Å². The second-order valence-electron chi connectivity index (χ2n) is 7.46. The smallest absolute Gasteiger partial charge is 0.276 e. The lowest BCUT2D eigenvalue weighted by Crippen LogP contribution is -2.44. The second-order valence-corrected chi connectivity index (χ2v) is 7.46. The predicted molar refractivity (Wildman–Crippen MR) is 99.1 cm³/mol. The third-order valence-corrected chi connectivity index (χ3v) is 5.06. The average Bonchev–Trinajstić information content (AvgIpc) is 3.17. The molecule has 0 N–H and O–H groups in total. The highest BCUT2D eigenvalue weighted by atomic mass is 16.2. The number of aromatic nitrogens is 3. The Balaban J connectivity index is 1.94. The summed E-state index contributed by atoms with van der Waals surface area (Å²) in [7, 11) is 0. The molecule has 1 aliphatic carbocycles. The topological polar surface area (TPSA) is 51.0 Å². The number of nitrogens with zero attached hydrogens (tertiary/aromatic N) is 4. The van der Waals surface area contributed by atoms with Crippen molar-refractivity contribution in [1.82, 2.24) is 19.9 Å². The quantitative estimate of drug-likeness (QED) is 0.846. The monoisotopic (exact) mass is 340 g/mol. The van der Waals surface area contributed by atoms with E-state index in [1.54, 1.807) is 4.80 Å². The van der Waals surface area contributed by atoms with E-state index in [0.29, 0.717) is 17.4 Å². The van der Waals surface area contributed by atoms with Crippen molar-refractivity contribution in [2.45, 2.75) is 72.4 Å². The predicted octanol–water partition coefficient (Wildman–Crippen LogP) is 3.99. The molecule has 0 radical (unpaired) electrons. The summed E-state index contributed by atoms with van der Waals surface area (Å²) >= 11 is 0. The number of carbonyl (C=O) groups excluding carboxylic acids is 1. The fraction of sp³-hybridized carbons (Fsp3) is 0.550. The number of carbonyl (C=O) groups is 1. The Kier molecular flexibility index (Phi) is 4.93. The molecule has 1 aliphatic rings. The van der Waals surface area contributed by atoms with Crippen molar-refractivity contribution >= 4 is 5.91 Å². The SMILES string of the molecule is Cc1ccc(-n2nc(C)c(C(=O)N(C(C)C)C3CCCC3)n2)c(C)c1. The first-order valence-electron chi connectivity index (χ1n) is 9.22. The molecule has 5 nitrogen and oxygen atoms in total. The van der Waals surface area contributed by atoms with E-state index in [0.717, 1.165) is 24.1 Å². The molecular formula is C20H28N4O. The van der Waals surface area contributed by atoms with Gasteiger partial charge in [-0.2, -0.15) is 9.90 Å². The molecule has 1 fully saturated rings. The van der Waals surface area contributed by atoms with Crippen molar-refractivity contribution in [2.24, 2.45) is 0 Å². The van der Waals surface area contributed by atoms with Crippen LogP contribution in [0.1, 0.15) is 66.8 Å². The van der Waals surface area contributed by atoms with Crippen LogP contribution in [0.2, 0.25) is 0 Å². The maximum absolute atomic E-state index is 13.2. The number of amides is 1. The van der Waals surface area contributed by atoms with E-state index in [4.69, 9.17) is 0 Å². The van der Waals surface area contributed by atoms with Gasteiger partial charge in [0.2, 0.25) is 0 Å². The molecule has 0 unspecified atom stereocenters. The molecule has 3 rings (SSSR count). The molecule has 5 heteroatoms. The summed E-state index contributed by atoms with van der Waals surface area (Å²) in [6.07, 6.45) is 4.59. The van der Waals surface area contributed by atoms with Gasteiger partial charge >= 0.3 is 0 Å². The molecule has 1 amide bonds. The standard InChI is InChI=1S/C20H28N4O/c1-13(2)23(17-8-6-7-9-17)20(25)19-16(5)21-24(22-19)18-11-10-14(3)12-15(18)4/h10-13,17H,6-9H2,1-5H3. The van der Waals surface area contributed by atoms with Gasteiger partial charge in [0.25, 0.3) is 5.91 Å². The summed E-state index contributed by atoms with van der Waals surface area (Å²) in [5.41, 5.74) is 4.39. The molecule has 0 atom stereocenters. The molecule has 0 aliphatic heterocycles. The number of hydrogen-bond acceptors (Lipinski definition) is 3. The Bertz CT molecular complexity index is 772. The van der Waals surface area contributed by atoms with Crippen molar-refractivity contribution in [3.05, 3.63) is 40.7 Å². The lowest BCUT2D eigenvalue weighted by Gasteiger charge is -2.32. The van der Waals surface area contributed by atoms with Crippen molar-refractivity contribution in [3.63, 3.8) is 0 Å². The van der Waals surface area contributed by atoms with Gasteiger partial charge in [-0.25, -0.2) is 0 Å². The van der Waals surface area contributed by atoms with Crippen LogP contribution in [-0.2, 0) is 0 Å². The Morgan fingerprint density at radius 1 is 1.16 bits per heavy atom. The minimum absolute atomic E-state index is 0.00964. The number of hydrogen-bond donors (Lipinski definition) is 0. The van der Waals surface area contributed by atoms with Gasteiger partial charge in [-0.1, -0.05) is 30.5 Å². The van der Waals surface area contributed by atoms with E-state index in [2.05, 4.69) is 37.0 Å². The summed E-state index contributed by atoms with van der Waals surface area (Å²) in [6, 6.07) is 6.66. The van der Waals surface area contributed by atoms with E-state index < -0.39 is 0 Å². The van der Waals surface area contributed by atoms with Crippen molar-refractivity contribution < 1.29 is 4.79 Å². The molecular weight excluding hydrogens is 312 g/mol. The summed E-state index contributed by atoms with van der Waals surface area (Å²) < 4.78 is 0. The van der Waals surface area contributed by atoms with E-state index in [9.17, 15) is 4.79 Å². The van der Waals surface area contributed by atoms with Gasteiger partial charge in [-0.05, 0) is 59.1 Å². The summed E-state index contributed by atoms with van der Waals surface area (Å²) in [6.45, 7) is 10.1. The first-order valence-corrected chi connectivity index (χ1v) is 9.22. The van der Waals surface area contributed by atoms with Crippen LogP contribution in [0, 0.1) is 20.8 Å². The van der Waals surface area contributed by atoms with Gasteiger partial charge < -0.3 is 4.90 Å². The van der Waals surface area contributed by atoms with Crippen LogP contribution in [0.15, 0.2) is 18.2 Å². The lowest BCUT2D eigenvalue weighted by molar-refractivity contribution is 0.0606. The van der Waals surface area contributed by atoms with Crippen LogP contribution in [-0.4, -0.2) is 37.9 Å². The summed E-state index contributed by atoms with van der Waals surface area (Å²) in [5, 5.41) is 9.08. The summed E-state index contributed by atoms with van der Waals surface area (Å²) in [5.74, 6) is 0.00964. The minimum Gasteiger partial charge on any atom is -0.332 e. The zero-order valence-electron chi connectivity index (χ0n) is 15.9. The van der Waals surface area contributed by atoms with Crippen LogP contribution < -0.4 is 0 Å². The average molecular weight is 340 g/mol. The van der Waals surface area contributed by atoms with Gasteiger partial charge in [-0.3, -0.25) is 4.79 Å². The fourth-order valence-electron chi connectivity index (χ4n) is 3.84. The Morgan fingerprint density at radius 3 is 2.44 bits per heavy atom. The van der Waals surface area contributed by atoms with Crippen molar-refractivity contribution in [3.8, 4) is 5.69 Å². The molecule has 134 valence electrons. The molecule has 1 aromatic heterocycles. The maximum Gasteiger partial charge on any atom is 0.276 e. The molecule has 0 saturated heterocycles. The highest BCUT2D eigenvalue weighted by Crippen LogP contribution is 2.27.